The Morgan fingerprint density at radius 3 is 2.24 bits per heavy atom. The lowest BCUT2D eigenvalue weighted by atomic mass is 9.88. The topological polar surface area (TPSA) is 86.8 Å². The number of amides is 4. The van der Waals surface area contributed by atoms with E-state index >= 15 is 0 Å². The van der Waals surface area contributed by atoms with Crippen LogP contribution in [-0.4, -0.2) is 53.1 Å². The van der Waals surface area contributed by atoms with Gasteiger partial charge in [-0.1, -0.05) is 55.7 Å². The maximum atomic E-state index is 13.4. The summed E-state index contributed by atoms with van der Waals surface area (Å²) in [6, 6.07) is 14.3. The standard InChI is InChI=1S/C27H29N3O4/c31-24(17-30-26(33)21-12-6-7-13-22(21)27(30)34)29-15-14-18-8-4-5-11-20(18)23(29)16-28-25(32)19-9-2-1-3-10-19/h4-8,11-13,19,23H,1-3,9-10,14-17H2,(H,28,32)/t23-/m1/s1. The van der Waals surface area contributed by atoms with Gasteiger partial charge in [-0.2, -0.15) is 0 Å². The molecule has 2 aromatic carbocycles. The zero-order valence-electron chi connectivity index (χ0n) is 19.2. The van der Waals surface area contributed by atoms with Gasteiger partial charge in [0.2, 0.25) is 11.8 Å². The van der Waals surface area contributed by atoms with Gasteiger partial charge in [-0.15, -0.1) is 0 Å². The van der Waals surface area contributed by atoms with Crippen molar-refractivity contribution >= 4 is 23.6 Å². The zero-order chi connectivity index (χ0) is 23.7. The molecule has 4 amide bonds. The van der Waals surface area contributed by atoms with Crippen LogP contribution in [0.5, 0.6) is 0 Å². The molecule has 1 aliphatic carbocycles. The largest absolute Gasteiger partial charge is 0.353 e. The average molecular weight is 460 g/mol. The number of carbonyl (C=O) groups is 4. The fourth-order valence-electron chi connectivity index (χ4n) is 5.49. The van der Waals surface area contributed by atoms with E-state index in [2.05, 4.69) is 11.4 Å². The van der Waals surface area contributed by atoms with E-state index in [4.69, 9.17) is 0 Å². The minimum absolute atomic E-state index is 0.0371. The molecule has 0 radical (unpaired) electrons. The molecule has 7 nitrogen and oxygen atoms in total. The molecule has 0 saturated heterocycles. The second-order valence-electron chi connectivity index (χ2n) is 9.37. The van der Waals surface area contributed by atoms with E-state index in [9.17, 15) is 19.2 Å². The van der Waals surface area contributed by atoms with E-state index in [-0.39, 0.29) is 30.3 Å². The third-order valence-corrected chi connectivity index (χ3v) is 7.35. The van der Waals surface area contributed by atoms with E-state index in [1.54, 1.807) is 29.2 Å². The Morgan fingerprint density at radius 2 is 1.53 bits per heavy atom. The smallest absolute Gasteiger partial charge is 0.262 e. The summed E-state index contributed by atoms with van der Waals surface area (Å²) in [5.41, 5.74) is 2.83. The summed E-state index contributed by atoms with van der Waals surface area (Å²) < 4.78 is 0. The van der Waals surface area contributed by atoms with Crippen molar-refractivity contribution in [2.75, 3.05) is 19.6 Å². The van der Waals surface area contributed by atoms with Crippen LogP contribution in [0.15, 0.2) is 48.5 Å². The van der Waals surface area contributed by atoms with Crippen LogP contribution in [0.25, 0.3) is 0 Å². The maximum Gasteiger partial charge on any atom is 0.262 e. The number of rotatable bonds is 5. The molecule has 0 bridgehead atoms. The first kappa shape index (κ1) is 22.3. The molecule has 0 unspecified atom stereocenters. The second-order valence-corrected chi connectivity index (χ2v) is 9.37. The first-order valence-corrected chi connectivity index (χ1v) is 12.1. The zero-order valence-corrected chi connectivity index (χ0v) is 19.2. The van der Waals surface area contributed by atoms with Gasteiger partial charge in [0.05, 0.1) is 17.2 Å². The van der Waals surface area contributed by atoms with Crippen LogP contribution in [0.4, 0.5) is 0 Å². The molecule has 7 heteroatoms. The minimum atomic E-state index is -0.437. The highest BCUT2D eigenvalue weighted by molar-refractivity contribution is 6.22. The molecular weight excluding hydrogens is 430 g/mol. The number of carbonyl (C=O) groups excluding carboxylic acids is 4. The highest BCUT2D eigenvalue weighted by atomic mass is 16.2. The molecule has 0 aromatic heterocycles. The Labute approximate surface area is 199 Å². The predicted molar refractivity (Wildman–Crippen MR) is 126 cm³/mol. The van der Waals surface area contributed by atoms with Gasteiger partial charge in [-0.3, -0.25) is 24.1 Å². The number of nitrogens with zero attached hydrogens (tertiary/aromatic N) is 2. The van der Waals surface area contributed by atoms with Crippen molar-refractivity contribution in [2.45, 2.75) is 44.6 Å². The van der Waals surface area contributed by atoms with E-state index in [0.29, 0.717) is 30.6 Å². The van der Waals surface area contributed by atoms with Crippen molar-refractivity contribution in [1.29, 1.82) is 0 Å². The molecule has 1 atom stereocenters. The van der Waals surface area contributed by atoms with Crippen molar-refractivity contribution in [1.82, 2.24) is 15.1 Å². The minimum Gasteiger partial charge on any atom is -0.353 e. The summed E-state index contributed by atoms with van der Waals surface area (Å²) in [5, 5.41) is 3.09. The number of hydrogen-bond donors (Lipinski definition) is 1. The van der Waals surface area contributed by atoms with Gasteiger partial charge in [-0.25, -0.2) is 0 Å². The molecule has 5 rings (SSSR count). The Hall–Kier alpha value is -3.48. The van der Waals surface area contributed by atoms with Crippen LogP contribution in [0, 0.1) is 5.92 Å². The van der Waals surface area contributed by atoms with Gasteiger partial charge in [0.25, 0.3) is 11.8 Å². The van der Waals surface area contributed by atoms with Crippen LogP contribution < -0.4 is 5.32 Å². The lowest BCUT2D eigenvalue weighted by molar-refractivity contribution is -0.135. The van der Waals surface area contributed by atoms with Crippen LogP contribution >= 0.6 is 0 Å². The molecule has 3 aliphatic rings. The van der Waals surface area contributed by atoms with Crippen LogP contribution in [0.1, 0.15) is 70.0 Å². The first-order valence-electron chi connectivity index (χ1n) is 12.1. The summed E-state index contributed by atoms with van der Waals surface area (Å²) in [4.78, 5) is 54.5. The van der Waals surface area contributed by atoms with Crippen molar-refractivity contribution in [3.63, 3.8) is 0 Å². The van der Waals surface area contributed by atoms with Crippen molar-refractivity contribution in [2.24, 2.45) is 5.92 Å². The Kier molecular flexibility index (Phi) is 6.18. The summed E-state index contributed by atoms with van der Waals surface area (Å²) in [5.74, 6) is -1.08. The van der Waals surface area contributed by atoms with Gasteiger partial charge in [0, 0.05) is 19.0 Å². The summed E-state index contributed by atoms with van der Waals surface area (Å²) >= 11 is 0. The van der Waals surface area contributed by atoms with E-state index in [0.717, 1.165) is 41.7 Å². The quantitative estimate of drug-likeness (QED) is 0.696. The Bertz CT molecular complexity index is 1100. The summed E-state index contributed by atoms with van der Waals surface area (Å²) in [6.45, 7) is 0.491. The fraction of sp³-hybridized carbons (Fsp3) is 0.407. The van der Waals surface area contributed by atoms with E-state index in [1.165, 1.54) is 6.42 Å². The van der Waals surface area contributed by atoms with Crippen molar-refractivity contribution in [3.05, 3.63) is 70.8 Å². The number of benzene rings is 2. The Morgan fingerprint density at radius 1 is 0.882 bits per heavy atom. The first-order chi connectivity index (χ1) is 16.5. The predicted octanol–water partition coefficient (Wildman–Crippen LogP) is 3.11. The van der Waals surface area contributed by atoms with Crippen molar-refractivity contribution in [3.8, 4) is 0 Å². The molecule has 1 saturated carbocycles. The Balaban J connectivity index is 1.33. The maximum absolute atomic E-state index is 13.4. The van der Waals surface area contributed by atoms with E-state index in [1.807, 2.05) is 18.2 Å². The molecule has 0 spiro atoms. The fourth-order valence-corrected chi connectivity index (χ4v) is 5.49. The SMILES string of the molecule is O=C(NC[C@@H]1c2ccccc2CCN1C(=O)CN1C(=O)c2ccccc2C1=O)C1CCCCC1. The average Bonchev–Trinajstić information content (AvgIpc) is 3.12. The van der Waals surface area contributed by atoms with Crippen LogP contribution in [0.3, 0.4) is 0 Å². The summed E-state index contributed by atoms with van der Waals surface area (Å²) in [6.07, 6.45) is 5.85. The lowest BCUT2D eigenvalue weighted by Crippen LogP contribution is -2.49. The monoisotopic (exact) mass is 459 g/mol. The second kappa shape index (κ2) is 9.41. The molecule has 176 valence electrons. The van der Waals surface area contributed by atoms with Gasteiger partial charge < -0.3 is 10.2 Å². The number of hydrogen-bond acceptors (Lipinski definition) is 4. The molecule has 2 heterocycles. The van der Waals surface area contributed by atoms with Gasteiger partial charge in [-0.05, 0) is 42.5 Å². The molecule has 2 aliphatic heterocycles. The number of imide groups is 1. The number of fused-ring (bicyclic) bond motifs is 2. The van der Waals surface area contributed by atoms with Gasteiger partial charge in [0.15, 0.2) is 0 Å². The van der Waals surface area contributed by atoms with Crippen LogP contribution in [0.2, 0.25) is 0 Å². The molecular formula is C27H29N3O4. The van der Waals surface area contributed by atoms with Gasteiger partial charge >= 0.3 is 0 Å². The number of nitrogens with one attached hydrogen (secondary N) is 1. The van der Waals surface area contributed by atoms with Crippen molar-refractivity contribution < 1.29 is 19.2 Å². The normalized spacial score (nSPS) is 20.2. The summed E-state index contributed by atoms with van der Waals surface area (Å²) in [7, 11) is 0. The third kappa shape index (κ3) is 4.11. The molecule has 1 N–H and O–H groups in total. The lowest BCUT2D eigenvalue weighted by Gasteiger charge is -2.38. The van der Waals surface area contributed by atoms with Gasteiger partial charge in [0.1, 0.15) is 6.54 Å². The van der Waals surface area contributed by atoms with E-state index < -0.39 is 11.8 Å². The third-order valence-electron chi connectivity index (χ3n) is 7.35. The highest BCUT2D eigenvalue weighted by Crippen LogP contribution is 2.31. The molecule has 2 aromatic rings. The highest BCUT2D eigenvalue weighted by Gasteiger charge is 2.39. The molecule has 1 fully saturated rings. The molecule has 34 heavy (non-hydrogen) atoms. The van der Waals surface area contributed by atoms with Crippen LogP contribution in [-0.2, 0) is 16.0 Å².